The zero-order valence-corrected chi connectivity index (χ0v) is 12.7. The van der Waals surface area contributed by atoms with Gasteiger partial charge in [0.15, 0.2) is 0 Å². The largest absolute Gasteiger partial charge is 0.336 e. The summed E-state index contributed by atoms with van der Waals surface area (Å²) in [6, 6.07) is 3.77. The smallest absolute Gasteiger partial charge is 0.317 e. The number of likely N-dealkylation sites (tertiary alicyclic amines) is 1. The number of carbonyl (C=O) groups is 1. The first kappa shape index (κ1) is 15.2. The molecule has 0 radical (unpaired) electrons. The fraction of sp³-hybridized carbons (Fsp3) is 0.562. The van der Waals surface area contributed by atoms with Crippen molar-refractivity contribution in [2.45, 2.75) is 31.8 Å². The van der Waals surface area contributed by atoms with Crippen molar-refractivity contribution < 1.29 is 13.6 Å². The number of benzene rings is 1. The van der Waals surface area contributed by atoms with Gasteiger partial charge in [0.2, 0.25) is 0 Å². The van der Waals surface area contributed by atoms with Gasteiger partial charge in [0.1, 0.15) is 11.6 Å². The summed E-state index contributed by atoms with van der Waals surface area (Å²) in [5.74, 6) is -1.06. The second-order valence-electron chi connectivity index (χ2n) is 6.06. The van der Waals surface area contributed by atoms with Crippen molar-refractivity contribution >= 4 is 6.03 Å². The van der Waals surface area contributed by atoms with Gasteiger partial charge in [-0.05, 0) is 32.4 Å². The first-order valence-electron chi connectivity index (χ1n) is 7.79. The lowest BCUT2D eigenvalue weighted by Gasteiger charge is -2.40. The lowest BCUT2D eigenvalue weighted by atomic mass is 9.99. The molecule has 1 N–H and O–H groups in total. The summed E-state index contributed by atoms with van der Waals surface area (Å²) in [7, 11) is 0. The van der Waals surface area contributed by atoms with Crippen LogP contribution < -0.4 is 5.32 Å². The van der Waals surface area contributed by atoms with Crippen LogP contribution in [0.5, 0.6) is 0 Å². The zero-order valence-electron chi connectivity index (χ0n) is 12.7. The van der Waals surface area contributed by atoms with E-state index >= 15 is 0 Å². The Morgan fingerprint density at radius 3 is 2.82 bits per heavy atom. The number of amides is 2. The van der Waals surface area contributed by atoms with Gasteiger partial charge in [-0.3, -0.25) is 4.90 Å². The van der Waals surface area contributed by atoms with Gasteiger partial charge in [0, 0.05) is 43.3 Å². The lowest BCUT2D eigenvalue weighted by molar-refractivity contribution is 0.0988. The Kier molecular flexibility index (Phi) is 4.29. The molecule has 120 valence electrons. The van der Waals surface area contributed by atoms with Crippen LogP contribution in [0.4, 0.5) is 13.6 Å². The SMILES string of the molecule is CC(c1ccc(F)cc1F)N1CCCC(N2CCNC2=O)C1. The second kappa shape index (κ2) is 6.20. The molecule has 2 heterocycles. The Labute approximate surface area is 129 Å². The number of piperidine rings is 1. The highest BCUT2D eigenvalue weighted by Gasteiger charge is 2.33. The third-order valence-corrected chi connectivity index (χ3v) is 4.72. The van der Waals surface area contributed by atoms with E-state index in [-0.39, 0.29) is 18.1 Å². The Bertz CT molecular complexity index is 566. The van der Waals surface area contributed by atoms with Crippen LogP contribution in [0.3, 0.4) is 0 Å². The lowest BCUT2D eigenvalue weighted by Crippen LogP contribution is -2.49. The van der Waals surface area contributed by atoms with Crippen LogP contribution in [-0.2, 0) is 0 Å². The van der Waals surface area contributed by atoms with Gasteiger partial charge in [-0.15, -0.1) is 0 Å². The molecule has 2 atom stereocenters. The minimum atomic E-state index is -0.557. The summed E-state index contributed by atoms with van der Waals surface area (Å²) >= 11 is 0. The predicted molar refractivity (Wildman–Crippen MR) is 79.5 cm³/mol. The first-order chi connectivity index (χ1) is 10.6. The van der Waals surface area contributed by atoms with E-state index < -0.39 is 11.6 Å². The molecule has 2 amide bonds. The summed E-state index contributed by atoms with van der Waals surface area (Å²) in [5.41, 5.74) is 0.507. The van der Waals surface area contributed by atoms with Crippen molar-refractivity contribution in [1.82, 2.24) is 15.1 Å². The summed E-state index contributed by atoms with van der Waals surface area (Å²) in [6.45, 7) is 4.95. The molecule has 6 heteroatoms. The normalized spacial score (nSPS) is 24.4. The molecule has 1 aromatic rings. The van der Waals surface area contributed by atoms with Gasteiger partial charge in [-0.25, -0.2) is 13.6 Å². The van der Waals surface area contributed by atoms with Crippen LogP contribution in [0.2, 0.25) is 0 Å². The molecular weight excluding hydrogens is 288 g/mol. The number of nitrogens with zero attached hydrogens (tertiary/aromatic N) is 2. The van der Waals surface area contributed by atoms with Crippen LogP contribution in [0.1, 0.15) is 31.4 Å². The fourth-order valence-corrected chi connectivity index (χ4v) is 3.46. The van der Waals surface area contributed by atoms with Crippen molar-refractivity contribution in [3.8, 4) is 0 Å². The molecule has 0 spiro atoms. The maximum atomic E-state index is 14.0. The topological polar surface area (TPSA) is 35.6 Å². The van der Waals surface area contributed by atoms with Gasteiger partial charge >= 0.3 is 6.03 Å². The van der Waals surface area contributed by atoms with Crippen molar-refractivity contribution in [3.63, 3.8) is 0 Å². The molecular formula is C16H21F2N3O. The van der Waals surface area contributed by atoms with E-state index in [1.807, 2.05) is 11.8 Å². The van der Waals surface area contributed by atoms with Gasteiger partial charge < -0.3 is 10.2 Å². The van der Waals surface area contributed by atoms with E-state index in [2.05, 4.69) is 10.2 Å². The van der Waals surface area contributed by atoms with Gasteiger partial charge in [0.05, 0.1) is 0 Å². The molecule has 0 aromatic heterocycles. The number of nitrogens with one attached hydrogen (secondary N) is 1. The van der Waals surface area contributed by atoms with E-state index in [1.165, 1.54) is 12.1 Å². The van der Waals surface area contributed by atoms with Crippen LogP contribution in [-0.4, -0.2) is 48.1 Å². The number of halogens is 2. The maximum absolute atomic E-state index is 14.0. The highest BCUT2D eigenvalue weighted by atomic mass is 19.1. The Hall–Kier alpha value is -1.69. The maximum Gasteiger partial charge on any atom is 0.317 e. The molecule has 2 aliphatic rings. The highest BCUT2D eigenvalue weighted by Crippen LogP contribution is 2.28. The van der Waals surface area contributed by atoms with E-state index in [1.54, 1.807) is 0 Å². The predicted octanol–water partition coefficient (Wildman–Crippen LogP) is 2.52. The summed E-state index contributed by atoms with van der Waals surface area (Å²) in [4.78, 5) is 15.9. The van der Waals surface area contributed by atoms with Crippen LogP contribution in [0.25, 0.3) is 0 Å². The molecule has 2 fully saturated rings. The number of urea groups is 1. The fourth-order valence-electron chi connectivity index (χ4n) is 3.46. The van der Waals surface area contributed by atoms with Crippen LogP contribution in [0, 0.1) is 11.6 Å². The molecule has 2 saturated heterocycles. The molecule has 0 bridgehead atoms. The summed E-state index contributed by atoms with van der Waals surface area (Å²) in [5, 5.41) is 2.82. The molecule has 3 rings (SSSR count). The number of rotatable bonds is 3. The van der Waals surface area contributed by atoms with E-state index in [9.17, 15) is 13.6 Å². The molecule has 0 aliphatic carbocycles. The molecule has 2 aliphatic heterocycles. The molecule has 4 nitrogen and oxygen atoms in total. The van der Waals surface area contributed by atoms with Crippen molar-refractivity contribution in [2.75, 3.05) is 26.2 Å². The van der Waals surface area contributed by atoms with Crippen molar-refractivity contribution in [3.05, 3.63) is 35.4 Å². The Balaban J connectivity index is 1.72. The van der Waals surface area contributed by atoms with E-state index in [4.69, 9.17) is 0 Å². The summed E-state index contributed by atoms with van der Waals surface area (Å²) < 4.78 is 27.0. The minimum absolute atomic E-state index is 0.00698. The second-order valence-corrected chi connectivity index (χ2v) is 6.06. The van der Waals surface area contributed by atoms with Gasteiger partial charge in [-0.1, -0.05) is 6.07 Å². The summed E-state index contributed by atoms with van der Waals surface area (Å²) in [6.07, 6.45) is 1.95. The monoisotopic (exact) mass is 309 g/mol. The highest BCUT2D eigenvalue weighted by molar-refractivity contribution is 5.76. The van der Waals surface area contributed by atoms with Crippen LogP contribution in [0.15, 0.2) is 18.2 Å². The number of hydrogen-bond acceptors (Lipinski definition) is 2. The van der Waals surface area contributed by atoms with E-state index in [0.29, 0.717) is 12.1 Å². The standard InChI is InChI=1S/C16H21F2N3O/c1-11(14-5-4-12(17)9-15(14)18)20-7-2-3-13(10-20)21-8-6-19-16(21)22/h4-5,9,11,13H,2-3,6-8,10H2,1H3,(H,19,22). The quantitative estimate of drug-likeness (QED) is 0.931. The molecule has 1 aromatic carbocycles. The Morgan fingerprint density at radius 1 is 1.32 bits per heavy atom. The molecule has 22 heavy (non-hydrogen) atoms. The Morgan fingerprint density at radius 2 is 2.14 bits per heavy atom. The average molecular weight is 309 g/mol. The van der Waals surface area contributed by atoms with Crippen LogP contribution >= 0.6 is 0 Å². The van der Waals surface area contributed by atoms with Crippen molar-refractivity contribution in [2.24, 2.45) is 0 Å². The van der Waals surface area contributed by atoms with E-state index in [0.717, 1.165) is 38.5 Å². The first-order valence-corrected chi connectivity index (χ1v) is 7.79. The number of carbonyl (C=O) groups excluding carboxylic acids is 1. The third-order valence-electron chi connectivity index (χ3n) is 4.72. The van der Waals surface area contributed by atoms with Gasteiger partial charge in [0.25, 0.3) is 0 Å². The number of hydrogen-bond donors (Lipinski definition) is 1. The van der Waals surface area contributed by atoms with Gasteiger partial charge in [-0.2, -0.15) is 0 Å². The minimum Gasteiger partial charge on any atom is -0.336 e. The third kappa shape index (κ3) is 2.92. The average Bonchev–Trinajstić information content (AvgIpc) is 2.93. The van der Waals surface area contributed by atoms with Crippen molar-refractivity contribution in [1.29, 1.82) is 0 Å². The molecule has 0 saturated carbocycles. The molecule has 2 unspecified atom stereocenters. The zero-order chi connectivity index (χ0) is 15.7.